The summed E-state index contributed by atoms with van der Waals surface area (Å²) in [5.41, 5.74) is 0.295. The quantitative estimate of drug-likeness (QED) is 0.645. The van der Waals surface area contributed by atoms with Crippen LogP contribution in [0.4, 0.5) is 18.4 Å². The van der Waals surface area contributed by atoms with Crippen LogP contribution in [0.25, 0.3) is 0 Å². The van der Waals surface area contributed by atoms with Crippen LogP contribution < -0.4 is 0 Å². The highest BCUT2D eigenvalue weighted by molar-refractivity contribution is 5.69. The first kappa shape index (κ1) is 24.7. The van der Waals surface area contributed by atoms with E-state index in [-0.39, 0.29) is 31.1 Å². The number of alkyl halides is 2. The molecular weight excluding hydrogens is 444 g/mol. The van der Waals surface area contributed by atoms with Crippen LogP contribution in [0, 0.1) is 5.41 Å². The van der Waals surface area contributed by atoms with Crippen molar-refractivity contribution in [3.63, 3.8) is 0 Å². The smallest absolute Gasteiger partial charge is 0.410 e. The van der Waals surface area contributed by atoms with Gasteiger partial charge in [0.1, 0.15) is 12.2 Å². The minimum absolute atomic E-state index is 0.00460. The molecule has 0 radical (unpaired) electrons. The van der Waals surface area contributed by atoms with E-state index in [2.05, 4.69) is 0 Å². The Bertz CT molecular complexity index is 874. The van der Waals surface area contributed by atoms with Gasteiger partial charge in [-0.2, -0.15) is 0 Å². The number of amides is 2. The van der Waals surface area contributed by atoms with Gasteiger partial charge in [0.2, 0.25) is 0 Å². The number of hydrogen-bond donors (Lipinski definition) is 0. The molecule has 0 aliphatic carbocycles. The highest BCUT2D eigenvalue weighted by Gasteiger charge is 2.53. The summed E-state index contributed by atoms with van der Waals surface area (Å²) in [7, 11) is 0. The zero-order chi connectivity index (χ0) is 24.6. The first-order chi connectivity index (χ1) is 16.0. The fourth-order valence-corrected chi connectivity index (χ4v) is 5.19. The van der Waals surface area contributed by atoms with E-state index in [1.54, 1.807) is 4.90 Å². The summed E-state index contributed by atoms with van der Waals surface area (Å²) in [6.07, 6.45) is 0.767. The Labute approximate surface area is 200 Å². The molecule has 0 saturated carbocycles. The zero-order valence-electron chi connectivity index (χ0n) is 20.3. The summed E-state index contributed by atoms with van der Waals surface area (Å²) in [5, 5.41) is 0. The zero-order valence-corrected chi connectivity index (χ0v) is 20.3. The van der Waals surface area contributed by atoms with Crippen molar-refractivity contribution in [2.24, 2.45) is 5.41 Å². The molecule has 4 rings (SSSR count). The van der Waals surface area contributed by atoms with E-state index in [9.17, 15) is 9.59 Å². The van der Waals surface area contributed by atoms with E-state index in [1.165, 1.54) is 0 Å². The van der Waals surface area contributed by atoms with Crippen molar-refractivity contribution in [2.75, 3.05) is 39.3 Å². The summed E-state index contributed by atoms with van der Waals surface area (Å²) in [4.78, 5) is 29.3. The Balaban J connectivity index is 1.24. The predicted molar refractivity (Wildman–Crippen MR) is 123 cm³/mol. The van der Waals surface area contributed by atoms with Gasteiger partial charge in [-0.05, 0) is 58.7 Å². The fraction of sp³-hybridized carbons (Fsp3) is 0.680. The molecule has 188 valence electrons. The lowest BCUT2D eigenvalue weighted by molar-refractivity contribution is -0.140. The Morgan fingerprint density at radius 3 is 2.21 bits per heavy atom. The first-order valence-electron chi connectivity index (χ1n) is 12.0. The van der Waals surface area contributed by atoms with Crippen LogP contribution in [0.15, 0.2) is 30.3 Å². The second kappa shape index (κ2) is 9.32. The maximum Gasteiger partial charge on any atom is 0.410 e. The Kier molecular flexibility index (Phi) is 6.77. The molecule has 2 amide bonds. The molecular formula is C25H35F2N3O4. The molecule has 7 nitrogen and oxygen atoms in total. The Hall–Kier alpha value is -2.42. The number of nitrogens with zero attached hydrogens (tertiary/aromatic N) is 3. The minimum Gasteiger partial charge on any atom is -0.445 e. The normalized spacial score (nSPS) is 24.4. The number of rotatable bonds is 3. The molecule has 3 heterocycles. The molecule has 0 unspecified atom stereocenters. The topological polar surface area (TPSA) is 62.3 Å². The molecule has 1 spiro atoms. The van der Waals surface area contributed by atoms with Crippen molar-refractivity contribution in [1.29, 1.82) is 0 Å². The van der Waals surface area contributed by atoms with E-state index < -0.39 is 30.2 Å². The summed E-state index contributed by atoms with van der Waals surface area (Å²) >= 11 is 0. The van der Waals surface area contributed by atoms with Gasteiger partial charge < -0.3 is 19.3 Å². The van der Waals surface area contributed by atoms with E-state index in [1.807, 2.05) is 56.0 Å². The molecule has 1 aromatic carbocycles. The molecule has 0 N–H and O–H groups in total. The Morgan fingerprint density at radius 2 is 1.62 bits per heavy atom. The lowest BCUT2D eigenvalue weighted by Crippen LogP contribution is -2.65. The van der Waals surface area contributed by atoms with Crippen LogP contribution in [0.2, 0.25) is 0 Å². The second-order valence-corrected chi connectivity index (χ2v) is 10.9. The SMILES string of the molecule is CC(C)(C)OC(=O)N1CC2(CCN([C@H]3CCN(C(=O)OCc4ccccc4)CC3(F)F)CC2)C1. The van der Waals surface area contributed by atoms with Crippen LogP contribution in [0.3, 0.4) is 0 Å². The molecule has 0 aromatic heterocycles. The number of hydrogen-bond acceptors (Lipinski definition) is 5. The monoisotopic (exact) mass is 479 g/mol. The third-order valence-corrected chi connectivity index (χ3v) is 7.03. The van der Waals surface area contributed by atoms with Crippen LogP contribution in [0.1, 0.15) is 45.6 Å². The van der Waals surface area contributed by atoms with Crippen molar-refractivity contribution in [3.05, 3.63) is 35.9 Å². The van der Waals surface area contributed by atoms with E-state index in [4.69, 9.17) is 9.47 Å². The van der Waals surface area contributed by atoms with Gasteiger partial charge in [0.15, 0.2) is 0 Å². The van der Waals surface area contributed by atoms with Gasteiger partial charge in [0, 0.05) is 25.0 Å². The molecule has 0 bridgehead atoms. The maximum absolute atomic E-state index is 15.1. The summed E-state index contributed by atoms with van der Waals surface area (Å²) < 4.78 is 40.8. The fourth-order valence-electron chi connectivity index (χ4n) is 5.19. The minimum atomic E-state index is -3.00. The molecule has 3 saturated heterocycles. The van der Waals surface area contributed by atoms with Gasteiger partial charge in [-0.15, -0.1) is 0 Å². The van der Waals surface area contributed by atoms with Gasteiger partial charge >= 0.3 is 12.2 Å². The van der Waals surface area contributed by atoms with Crippen LogP contribution in [-0.4, -0.2) is 83.7 Å². The third-order valence-electron chi connectivity index (χ3n) is 7.03. The Morgan fingerprint density at radius 1 is 0.971 bits per heavy atom. The van der Waals surface area contributed by atoms with E-state index in [0.717, 1.165) is 23.3 Å². The second-order valence-electron chi connectivity index (χ2n) is 10.9. The molecule has 1 atom stereocenters. The molecule has 3 fully saturated rings. The summed E-state index contributed by atoms with van der Waals surface area (Å²) in [5.74, 6) is -3.00. The average Bonchev–Trinajstić information content (AvgIpc) is 2.75. The van der Waals surface area contributed by atoms with Gasteiger partial charge in [-0.1, -0.05) is 30.3 Å². The molecule has 1 aromatic rings. The number of carbonyl (C=O) groups is 2. The highest BCUT2D eigenvalue weighted by atomic mass is 19.3. The molecule has 34 heavy (non-hydrogen) atoms. The van der Waals surface area contributed by atoms with Crippen molar-refractivity contribution < 1.29 is 27.8 Å². The first-order valence-corrected chi connectivity index (χ1v) is 12.0. The summed E-state index contributed by atoms with van der Waals surface area (Å²) in [6, 6.07) is 8.30. The molecule has 3 aliphatic heterocycles. The predicted octanol–water partition coefficient (Wildman–Crippen LogP) is 4.37. The number of halogens is 2. The average molecular weight is 480 g/mol. The van der Waals surface area contributed by atoms with Crippen LogP contribution >= 0.6 is 0 Å². The highest BCUT2D eigenvalue weighted by Crippen LogP contribution is 2.43. The lowest BCUT2D eigenvalue weighted by Gasteiger charge is -2.55. The van der Waals surface area contributed by atoms with E-state index >= 15 is 8.78 Å². The number of carbonyl (C=O) groups excluding carboxylic acids is 2. The number of likely N-dealkylation sites (tertiary alicyclic amines) is 3. The van der Waals surface area contributed by atoms with Gasteiger partial charge in [-0.25, -0.2) is 18.4 Å². The van der Waals surface area contributed by atoms with Crippen molar-refractivity contribution in [1.82, 2.24) is 14.7 Å². The standard InChI is InChI=1S/C25H35F2N3O4/c1-23(2,3)34-22(32)30-16-24(17-30)10-13-28(14-11-24)20-9-12-29(18-25(20,26)27)21(31)33-15-19-7-5-4-6-8-19/h4-8,20H,9-18H2,1-3H3/t20-/m0/s1. The van der Waals surface area contributed by atoms with Crippen molar-refractivity contribution in [2.45, 2.75) is 64.2 Å². The summed E-state index contributed by atoms with van der Waals surface area (Å²) in [6.45, 7) is 7.60. The number of ether oxygens (including phenoxy) is 2. The van der Waals surface area contributed by atoms with Gasteiger partial charge in [0.05, 0.1) is 12.6 Å². The van der Waals surface area contributed by atoms with Gasteiger partial charge in [-0.3, -0.25) is 4.90 Å². The molecule has 9 heteroatoms. The number of piperidine rings is 2. The van der Waals surface area contributed by atoms with Crippen molar-refractivity contribution in [3.8, 4) is 0 Å². The maximum atomic E-state index is 15.1. The third kappa shape index (κ3) is 5.62. The number of benzene rings is 1. The molecule has 3 aliphatic rings. The van der Waals surface area contributed by atoms with E-state index in [0.29, 0.717) is 26.2 Å². The largest absolute Gasteiger partial charge is 0.445 e. The van der Waals surface area contributed by atoms with Crippen LogP contribution in [-0.2, 0) is 16.1 Å². The van der Waals surface area contributed by atoms with Gasteiger partial charge in [0.25, 0.3) is 5.92 Å². The van der Waals surface area contributed by atoms with Crippen molar-refractivity contribution >= 4 is 12.2 Å². The van der Waals surface area contributed by atoms with Crippen LogP contribution in [0.5, 0.6) is 0 Å². The lowest BCUT2D eigenvalue weighted by atomic mass is 9.71.